The first kappa shape index (κ1) is 15.6. The lowest BCUT2D eigenvalue weighted by Crippen LogP contribution is -2.52. The van der Waals surface area contributed by atoms with Crippen LogP contribution in [-0.2, 0) is 9.53 Å². The number of ether oxygens (including phenoxy) is 1. The zero-order valence-electron chi connectivity index (χ0n) is 12.1. The minimum Gasteiger partial charge on any atom is -0.469 e. The summed E-state index contributed by atoms with van der Waals surface area (Å²) in [6, 6.07) is 0.563. The number of carbonyl (C=O) groups excluding carboxylic acids is 1. The molecular weight excluding hydrogens is 358 g/mol. The van der Waals surface area contributed by atoms with Crippen molar-refractivity contribution in [3.8, 4) is 0 Å². The van der Waals surface area contributed by atoms with Crippen LogP contribution in [0.4, 0.5) is 14.6 Å². The molecule has 3 aliphatic rings. The molecule has 120 valence electrons. The summed E-state index contributed by atoms with van der Waals surface area (Å²) in [5, 5.41) is 3.03. The Balaban J connectivity index is 1.89. The second-order valence-electron chi connectivity index (χ2n) is 5.99. The molecule has 0 spiro atoms. The van der Waals surface area contributed by atoms with Crippen LogP contribution in [0.25, 0.3) is 0 Å². The number of nitrogens with one attached hydrogen (secondary N) is 1. The molecule has 22 heavy (non-hydrogen) atoms. The zero-order chi connectivity index (χ0) is 15.9. The SMILES string of the molecule is COC(=O)C1C2CCC(CC2)C1Nc1nc(Br)c(F)cc1F. The van der Waals surface area contributed by atoms with E-state index < -0.39 is 11.6 Å². The molecule has 3 saturated carbocycles. The van der Waals surface area contributed by atoms with Gasteiger partial charge in [-0.2, -0.15) is 0 Å². The normalized spacial score (nSPS) is 30.2. The molecule has 4 rings (SSSR count). The van der Waals surface area contributed by atoms with Crippen molar-refractivity contribution in [3.05, 3.63) is 22.3 Å². The maximum absolute atomic E-state index is 13.9. The first-order valence-electron chi connectivity index (χ1n) is 7.37. The molecule has 2 bridgehead atoms. The van der Waals surface area contributed by atoms with E-state index in [0.717, 1.165) is 31.7 Å². The van der Waals surface area contributed by atoms with E-state index in [1.807, 2.05) is 0 Å². The van der Waals surface area contributed by atoms with Crippen molar-refractivity contribution >= 4 is 27.7 Å². The molecule has 1 aromatic rings. The quantitative estimate of drug-likeness (QED) is 0.649. The molecule has 2 atom stereocenters. The third kappa shape index (κ3) is 2.71. The first-order chi connectivity index (χ1) is 10.5. The molecule has 0 aliphatic heterocycles. The summed E-state index contributed by atoms with van der Waals surface area (Å²) in [6.45, 7) is 0. The van der Waals surface area contributed by atoms with Gasteiger partial charge in [0.25, 0.3) is 0 Å². The molecule has 1 aromatic heterocycles. The summed E-state index contributed by atoms with van der Waals surface area (Å²) >= 11 is 2.96. The predicted molar refractivity (Wildman–Crippen MR) is 80.2 cm³/mol. The highest BCUT2D eigenvalue weighted by molar-refractivity contribution is 9.10. The van der Waals surface area contributed by atoms with E-state index in [2.05, 4.69) is 26.2 Å². The number of rotatable bonds is 3. The van der Waals surface area contributed by atoms with E-state index >= 15 is 0 Å². The van der Waals surface area contributed by atoms with Crippen LogP contribution < -0.4 is 5.32 Å². The van der Waals surface area contributed by atoms with Gasteiger partial charge in [0.1, 0.15) is 4.60 Å². The van der Waals surface area contributed by atoms with Crippen LogP contribution in [0.2, 0.25) is 0 Å². The summed E-state index contributed by atoms with van der Waals surface area (Å²) in [6.07, 6.45) is 3.98. The Labute approximate surface area is 135 Å². The highest BCUT2D eigenvalue weighted by Gasteiger charge is 2.48. The fourth-order valence-corrected chi connectivity index (χ4v) is 4.13. The summed E-state index contributed by atoms with van der Waals surface area (Å²) in [7, 11) is 1.37. The Morgan fingerprint density at radius 1 is 1.27 bits per heavy atom. The van der Waals surface area contributed by atoms with Crippen molar-refractivity contribution in [1.29, 1.82) is 0 Å². The van der Waals surface area contributed by atoms with E-state index in [1.54, 1.807) is 0 Å². The van der Waals surface area contributed by atoms with Gasteiger partial charge in [0.2, 0.25) is 0 Å². The molecule has 3 fully saturated rings. The Morgan fingerprint density at radius 3 is 2.55 bits per heavy atom. The van der Waals surface area contributed by atoms with E-state index in [0.29, 0.717) is 0 Å². The number of nitrogens with zero attached hydrogens (tertiary/aromatic N) is 1. The van der Waals surface area contributed by atoms with Crippen LogP contribution in [0, 0.1) is 29.4 Å². The molecule has 1 N–H and O–H groups in total. The number of aromatic nitrogens is 1. The van der Waals surface area contributed by atoms with Crippen LogP contribution in [0.15, 0.2) is 10.7 Å². The van der Waals surface area contributed by atoms with Gasteiger partial charge in [-0.1, -0.05) is 0 Å². The predicted octanol–water partition coefficient (Wildman–Crippen LogP) is 3.51. The van der Waals surface area contributed by atoms with Crippen molar-refractivity contribution in [2.24, 2.45) is 17.8 Å². The lowest BCUT2D eigenvalue weighted by atomic mass is 9.61. The maximum atomic E-state index is 13.9. The van der Waals surface area contributed by atoms with Gasteiger partial charge in [-0.05, 0) is 53.4 Å². The van der Waals surface area contributed by atoms with Gasteiger partial charge in [-0.3, -0.25) is 4.79 Å². The van der Waals surface area contributed by atoms with Crippen molar-refractivity contribution in [3.63, 3.8) is 0 Å². The van der Waals surface area contributed by atoms with Crippen LogP contribution in [0.5, 0.6) is 0 Å². The lowest BCUT2D eigenvalue weighted by Gasteiger charge is -2.47. The van der Waals surface area contributed by atoms with E-state index in [-0.39, 0.29) is 40.2 Å². The highest BCUT2D eigenvalue weighted by Crippen LogP contribution is 2.46. The number of hydrogen-bond acceptors (Lipinski definition) is 4. The van der Waals surface area contributed by atoms with Crippen molar-refractivity contribution in [2.75, 3.05) is 12.4 Å². The number of carbonyl (C=O) groups is 1. The Hall–Kier alpha value is -1.24. The number of anilines is 1. The first-order valence-corrected chi connectivity index (χ1v) is 8.16. The standard InChI is InChI=1S/C15H17BrF2N2O2/c1-22-15(21)11-7-2-4-8(5-3-7)12(11)19-14-10(18)6-9(17)13(16)20-14/h6-8,11-12H,2-5H2,1H3,(H,19,20). The van der Waals surface area contributed by atoms with Crippen LogP contribution >= 0.6 is 15.9 Å². The van der Waals surface area contributed by atoms with Gasteiger partial charge < -0.3 is 10.1 Å². The lowest BCUT2D eigenvalue weighted by molar-refractivity contribution is -0.152. The average molecular weight is 375 g/mol. The fraction of sp³-hybridized carbons (Fsp3) is 0.600. The Bertz CT molecular complexity index is 591. The van der Waals surface area contributed by atoms with Crippen molar-refractivity contribution in [1.82, 2.24) is 4.98 Å². The van der Waals surface area contributed by atoms with Gasteiger partial charge in [0.15, 0.2) is 17.5 Å². The molecule has 0 amide bonds. The molecule has 0 aromatic carbocycles. The minimum absolute atomic E-state index is 0.0280. The van der Waals surface area contributed by atoms with Gasteiger partial charge in [-0.15, -0.1) is 0 Å². The second-order valence-corrected chi connectivity index (χ2v) is 6.74. The van der Waals surface area contributed by atoms with Crippen LogP contribution in [-0.4, -0.2) is 24.1 Å². The topological polar surface area (TPSA) is 51.2 Å². The molecule has 3 aliphatic carbocycles. The maximum Gasteiger partial charge on any atom is 0.311 e. The number of pyridine rings is 1. The summed E-state index contributed by atoms with van der Waals surface area (Å²) < 4.78 is 32.1. The largest absolute Gasteiger partial charge is 0.469 e. The summed E-state index contributed by atoms with van der Waals surface area (Å²) in [4.78, 5) is 16.0. The summed E-state index contributed by atoms with van der Waals surface area (Å²) in [5.41, 5.74) is 0. The number of hydrogen-bond donors (Lipinski definition) is 1. The van der Waals surface area contributed by atoms with E-state index in [4.69, 9.17) is 4.74 Å². The number of fused-ring (bicyclic) bond motifs is 3. The van der Waals surface area contributed by atoms with Gasteiger partial charge >= 0.3 is 5.97 Å². The van der Waals surface area contributed by atoms with Crippen molar-refractivity contribution in [2.45, 2.75) is 31.7 Å². The molecule has 1 heterocycles. The third-order valence-corrected chi connectivity index (χ3v) is 5.44. The molecule has 7 heteroatoms. The van der Waals surface area contributed by atoms with E-state index in [1.165, 1.54) is 7.11 Å². The molecule has 4 nitrogen and oxygen atoms in total. The molecular formula is C15H17BrF2N2O2. The van der Waals surface area contributed by atoms with Gasteiger partial charge in [0, 0.05) is 12.1 Å². The molecule has 0 radical (unpaired) electrons. The van der Waals surface area contributed by atoms with Gasteiger partial charge in [0.05, 0.1) is 13.0 Å². The number of methoxy groups -OCH3 is 1. The van der Waals surface area contributed by atoms with Crippen LogP contribution in [0.3, 0.4) is 0 Å². The number of halogens is 3. The second kappa shape index (κ2) is 6.10. The van der Waals surface area contributed by atoms with Crippen molar-refractivity contribution < 1.29 is 18.3 Å². The fourth-order valence-electron chi connectivity index (χ4n) is 3.84. The average Bonchev–Trinajstić information content (AvgIpc) is 2.53. The minimum atomic E-state index is -0.759. The third-order valence-electron chi connectivity index (χ3n) is 4.88. The monoisotopic (exact) mass is 374 g/mol. The molecule has 0 saturated heterocycles. The molecule has 2 unspecified atom stereocenters. The Morgan fingerprint density at radius 2 is 1.91 bits per heavy atom. The highest BCUT2D eigenvalue weighted by atomic mass is 79.9. The van der Waals surface area contributed by atoms with E-state index in [9.17, 15) is 13.6 Å². The smallest absolute Gasteiger partial charge is 0.311 e. The zero-order valence-corrected chi connectivity index (χ0v) is 13.7. The number of esters is 1. The Kier molecular flexibility index (Phi) is 4.34. The summed E-state index contributed by atoms with van der Waals surface area (Å²) in [5.74, 6) is -1.58. The van der Waals surface area contributed by atoms with Gasteiger partial charge in [-0.25, -0.2) is 13.8 Å². The van der Waals surface area contributed by atoms with Crippen LogP contribution in [0.1, 0.15) is 25.7 Å².